The maximum atomic E-state index is 12.8. The summed E-state index contributed by atoms with van der Waals surface area (Å²) in [6, 6.07) is -3.46. The van der Waals surface area contributed by atoms with Gasteiger partial charge in [0.2, 0.25) is 11.8 Å². The van der Waals surface area contributed by atoms with Gasteiger partial charge in [-0.2, -0.15) is 0 Å². The monoisotopic (exact) mass is 1400 g/mol. The third-order valence-corrected chi connectivity index (χ3v) is 17.4. The molecular weight excluding hydrogens is 1310 g/mol. The summed E-state index contributed by atoms with van der Waals surface area (Å²) in [5, 5.41) is 265. The number of nitrogens with one attached hydrogen (secondary N) is 2. The molecule has 8 heterocycles. The standard InChI is InChI=1S/C52H88N2O41/c1-11(61)53-21-29(69)40(17(7-59)83-45(21)80)91-46-22(54-12(2)62)30(70)41(18(8-60)88-46)92-50-39(79)42(93-52-44(35(75)26(66)16(6-58)87-52)95-49-38(78)32(72)24(64)14(4-56)85-49)28(68)20(90-50)10-81-47-36(76)33(73)27(67)19(89-47)9-82-51-43(34(74)25(65)15(5-57)86-51)94-48-37(77)31(71)23(63)13(3-55)84-48/h13-52,55-60,63-80H,3-10H2,1-2H3,(H,53,61)(H,54,62)/t13-,14-,15-,16-,17-,18-,19-,20-,21-,22-,23-,24-,25-,26-,27-,28-,29-,30-,31+,32+,33+,34+,35+,36+,37+,38+,39+,40-,41-,42+,43+,44+,45-,46+,47+,48-,49-,50+,51+,52-/m1/s1. The molecule has 0 radical (unpaired) electrons. The normalized spacial score (nSPS) is 50.8. The summed E-state index contributed by atoms with van der Waals surface area (Å²) in [5.41, 5.74) is 0. The quantitative estimate of drug-likeness (QED) is 0.0427. The lowest BCUT2D eigenvalue weighted by molar-refractivity contribution is -0.398. The Morgan fingerprint density at radius 2 is 0.579 bits per heavy atom. The molecule has 0 spiro atoms. The lowest BCUT2D eigenvalue weighted by atomic mass is 9.94. The summed E-state index contributed by atoms with van der Waals surface area (Å²) >= 11 is 0. The molecule has 8 aliphatic rings. The Bertz CT molecular complexity index is 2380. The van der Waals surface area contributed by atoms with Gasteiger partial charge in [0.1, 0.15) is 195 Å². The highest BCUT2D eigenvalue weighted by Crippen LogP contribution is 2.38. The van der Waals surface area contributed by atoms with Crippen LogP contribution in [0.15, 0.2) is 0 Å². The van der Waals surface area contributed by atoms with Crippen LogP contribution in [0.25, 0.3) is 0 Å². The molecular formula is C52H88N2O41. The summed E-state index contributed by atoms with van der Waals surface area (Å²) in [6.07, 6.45) is -76.9. The molecule has 0 aliphatic carbocycles. The zero-order chi connectivity index (χ0) is 69.9. The van der Waals surface area contributed by atoms with E-state index in [1.54, 1.807) is 0 Å². The van der Waals surface area contributed by atoms with Crippen LogP contribution < -0.4 is 10.6 Å². The Balaban J connectivity index is 1.07. The molecule has 26 N–H and O–H groups in total. The second-order valence-electron chi connectivity index (χ2n) is 23.9. The van der Waals surface area contributed by atoms with E-state index in [2.05, 4.69) is 10.6 Å². The molecule has 0 bridgehead atoms. The maximum Gasteiger partial charge on any atom is 0.217 e. The first kappa shape index (κ1) is 78.1. The molecule has 0 saturated carbocycles. The van der Waals surface area contributed by atoms with Crippen molar-refractivity contribution in [1.29, 1.82) is 0 Å². The third kappa shape index (κ3) is 17.0. The molecule has 95 heavy (non-hydrogen) atoms. The van der Waals surface area contributed by atoms with Crippen molar-refractivity contribution in [3.8, 4) is 0 Å². The molecule has 43 heteroatoms. The fourth-order valence-electron chi connectivity index (χ4n) is 12.0. The molecule has 0 aromatic rings. The predicted octanol–water partition coefficient (Wildman–Crippen LogP) is -18.2. The Kier molecular flexibility index (Phi) is 27.9. The van der Waals surface area contributed by atoms with Gasteiger partial charge < -0.3 is 204 Å². The second-order valence-corrected chi connectivity index (χ2v) is 23.9. The molecule has 43 nitrogen and oxygen atoms in total. The van der Waals surface area contributed by atoms with E-state index in [4.69, 9.17) is 71.1 Å². The van der Waals surface area contributed by atoms with E-state index in [0.717, 1.165) is 13.8 Å². The first-order valence-electron chi connectivity index (χ1n) is 30.1. The molecule has 2 amide bonds. The van der Waals surface area contributed by atoms with E-state index in [9.17, 15) is 132 Å². The smallest absolute Gasteiger partial charge is 0.217 e. The summed E-state index contributed by atoms with van der Waals surface area (Å²) in [4.78, 5) is 24.8. The lowest BCUT2D eigenvalue weighted by Crippen LogP contribution is -2.70. The van der Waals surface area contributed by atoms with Gasteiger partial charge in [0.05, 0.1) is 52.9 Å². The molecule has 8 aliphatic heterocycles. The highest BCUT2D eigenvalue weighted by atomic mass is 16.8. The van der Waals surface area contributed by atoms with E-state index in [-0.39, 0.29) is 0 Å². The number of carbonyl (C=O) groups excluding carboxylic acids is 2. The highest BCUT2D eigenvalue weighted by Gasteiger charge is 2.59. The van der Waals surface area contributed by atoms with Gasteiger partial charge in [-0.05, 0) is 0 Å². The summed E-state index contributed by atoms with van der Waals surface area (Å²) in [7, 11) is 0. The topological polar surface area (TPSA) is 682 Å². The maximum absolute atomic E-state index is 12.8. The Labute approximate surface area is 536 Å². The number of amides is 2. The van der Waals surface area contributed by atoms with Crippen LogP contribution in [0.1, 0.15) is 13.8 Å². The van der Waals surface area contributed by atoms with Gasteiger partial charge in [-0.3, -0.25) is 9.59 Å². The van der Waals surface area contributed by atoms with Crippen molar-refractivity contribution in [1.82, 2.24) is 10.6 Å². The minimum Gasteiger partial charge on any atom is -0.394 e. The molecule has 0 aromatic carbocycles. The van der Waals surface area contributed by atoms with Gasteiger partial charge >= 0.3 is 0 Å². The number of rotatable bonds is 24. The van der Waals surface area contributed by atoms with Crippen molar-refractivity contribution in [3.05, 3.63) is 0 Å². The van der Waals surface area contributed by atoms with Gasteiger partial charge in [0, 0.05) is 13.8 Å². The molecule has 8 rings (SSSR count). The van der Waals surface area contributed by atoms with Gasteiger partial charge in [-0.25, -0.2) is 0 Å². The lowest BCUT2D eigenvalue weighted by Gasteiger charge is -2.50. The van der Waals surface area contributed by atoms with Crippen molar-refractivity contribution in [2.75, 3.05) is 52.9 Å². The van der Waals surface area contributed by atoms with Crippen LogP contribution in [-0.4, -0.2) is 433 Å². The van der Waals surface area contributed by atoms with Crippen molar-refractivity contribution in [2.45, 2.75) is 259 Å². The van der Waals surface area contributed by atoms with Crippen LogP contribution >= 0.6 is 0 Å². The van der Waals surface area contributed by atoms with Gasteiger partial charge in [-0.15, -0.1) is 0 Å². The molecule has 8 saturated heterocycles. The Hall–Kier alpha value is -2.62. The average molecular weight is 1400 g/mol. The number of ether oxygens (including phenoxy) is 15. The van der Waals surface area contributed by atoms with Crippen LogP contribution in [0.2, 0.25) is 0 Å². The van der Waals surface area contributed by atoms with Crippen molar-refractivity contribution < 1.29 is 203 Å². The Morgan fingerprint density at radius 3 is 1.05 bits per heavy atom. The molecule has 0 aromatic heterocycles. The minimum absolute atomic E-state index is 0.760. The molecule has 552 valence electrons. The van der Waals surface area contributed by atoms with Crippen LogP contribution in [0, 0.1) is 0 Å². The highest BCUT2D eigenvalue weighted by molar-refractivity contribution is 5.73. The first-order chi connectivity index (χ1) is 44.9. The van der Waals surface area contributed by atoms with Crippen molar-refractivity contribution >= 4 is 11.8 Å². The van der Waals surface area contributed by atoms with E-state index in [1.165, 1.54) is 0 Å². The van der Waals surface area contributed by atoms with Gasteiger partial charge in [-0.1, -0.05) is 0 Å². The van der Waals surface area contributed by atoms with Crippen molar-refractivity contribution in [2.24, 2.45) is 0 Å². The second kappa shape index (κ2) is 33.9. The number of hydrogen-bond donors (Lipinski definition) is 26. The van der Waals surface area contributed by atoms with Gasteiger partial charge in [0.15, 0.2) is 50.3 Å². The summed E-state index contributed by atoms with van der Waals surface area (Å²) < 4.78 is 86.4. The molecule has 8 fully saturated rings. The first-order valence-corrected chi connectivity index (χ1v) is 30.1. The summed E-state index contributed by atoms with van der Waals surface area (Å²) in [5.74, 6) is -1.66. The van der Waals surface area contributed by atoms with E-state index in [0.29, 0.717) is 0 Å². The molecule has 40 atom stereocenters. The van der Waals surface area contributed by atoms with Gasteiger partial charge in [0.25, 0.3) is 0 Å². The fraction of sp³-hybridized carbons (Fsp3) is 0.962. The predicted molar refractivity (Wildman–Crippen MR) is 288 cm³/mol. The fourth-order valence-corrected chi connectivity index (χ4v) is 12.0. The largest absolute Gasteiger partial charge is 0.394 e. The van der Waals surface area contributed by atoms with E-state index < -0.39 is 310 Å². The van der Waals surface area contributed by atoms with Crippen molar-refractivity contribution in [3.63, 3.8) is 0 Å². The van der Waals surface area contributed by atoms with Crippen LogP contribution in [0.3, 0.4) is 0 Å². The van der Waals surface area contributed by atoms with Crippen LogP contribution in [0.4, 0.5) is 0 Å². The number of carbonyl (C=O) groups is 2. The van der Waals surface area contributed by atoms with Crippen LogP contribution in [0.5, 0.6) is 0 Å². The van der Waals surface area contributed by atoms with Crippen LogP contribution in [-0.2, 0) is 80.6 Å². The summed E-state index contributed by atoms with van der Waals surface area (Å²) in [6.45, 7) is -6.13. The minimum atomic E-state index is -2.46. The molecule has 0 unspecified atom stereocenters. The zero-order valence-electron chi connectivity index (χ0n) is 50.4. The number of aliphatic hydroxyl groups excluding tert-OH is 24. The Morgan fingerprint density at radius 1 is 0.274 bits per heavy atom. The zero-order valence-corrected chi connectivity index (χ0v) is 50.4. The third-order valence-electron chi connectivity index (χ3n) is 17.4. The van der Waals surface area contributed by atoms with E-state index >= 15 is 0 Å². The average Bonchev–Trinajstić information content (AvgIpc) is 0.778. The number of hydrogen-bond acceptors (Lipinski definition) is 41. The van der Waals surface area contributed by atoms with E-state index in [1.807, 2.05) is 0 Å². The number of aliphatic hydroxyl groups is 24. The SMILES string of the molecule is CC(=O)N[C@@H]1[C@@H](O)[C@H](O[C@@H]2O[C@H](CO)[C@@H](O[C@@H]3O[C@H](CO[C@H]4O[C@H](CO[C@H]5O[C@H](CO)[C@@H](O)[C@H](O)[C@@H]5O[C@H]5O[C@H](CO)[C@@H](O)[C@H](O)[C@@H]5O)[C@@H](O)[C@H](O)[C@@H]4O)[C@@H](O)[C@H](O[C@H]4O[C@H](CO)[C@@H](O)[C@H](O)[C@@H]4O[C@H]4O[C@H](CO)[C@@H](O)[C@H](O)[C@@H]4O)[C@@H]3O)[C@H](O)[C@H]2NC(C)=O)[C@@H](CO)O[C@H]1O.